The van der Waals surface area contributed by atoms with E-state index < -0.39 is 5.60 Å². The predicted molar refractivity (Wildman–Crippen MR) is 86.0 cm³/mol. The molecule has 0 radical (unpaired) electrons. The SMILES string of the molecule is Cc1noc(C)c1-c1ccc2c(c1)C(O)(C1CCCC1)C(=O)C2. The van der Waals surface area contributed by atoms with Gasteiger partial charge < -0.3 is 9.63 Å². The molecule has 1 heterocycles. The van der Waals surface area contributed by atoms with Crippen LogP contribution in [0.4, 0.5) is 0 Å². The zero-order valence-corrected chi connectivity index (χ0v) is 13.6. The van der Waals surface area contributed by atoms with Crippen molar-refractivity contribution >= 4 is 5.78 Å². The van der Waals surface area contributed by atoms with Crippen molar-refractivity contribution in [3.63, 3.8) is 0 Å². The van der Waals surface area contributed by atoms with E-state index in [0.717, 1.165) is 59.4 Å². The van der Waals surface area contributed by atoms with Crippen LogP contribution in [0.25, 0.3) is 11.1 Å². The average Bonchev–Trinajstić information content (AvgIpc) is 3.22. The normalized spacial score (nSPS) is 24.4. The number of hydrogen-bond acceptors (Lipinski definition) is 4. The molecule has 2 aromatic rings. The molecule has 1 saturated carbocycles. The molecule has 120 valence electrons. The molecule has 0 saturated heterocycles. The highest BCUT2D eigenvalue weighted by molar-refractivity contribution is 5.96. The summed E-state index contributed by atoms with van der Waals surface area (Å²) in [6, 6.07) is 5.95. The van der Waals surface area contributed by atoms with Gasteiger partial charge in [-0.1, -0.05) is 30.1 Å². The first kappa shape index (κ1) is 14.6. The molecule has 1 atom stereocenters. The highest BCUT2D eigenvalue weighted by Crippen LogP contribution is 2.47. The Bertz CT molecular complexity index is 766. The molecule has 23 heavy (non-hydrogen) atoms. The van der Waals surface area contributed by atoms with E-state index in [2.05, 4.69) is 5.16 Å². The summed E-state index contributed by atoms with van der Waals surface area (Å²) in [5, 5.41) is 15.3. The molecule has 4 nitrogen and oxygen atoms in total. The molecule has 1 aromatic heterocycles. The largest absolute Gasteiger partial charge is 0.377 e. The number of carbonyl (C=O) groups excluding carboxylic acids is 1. The van der Waals surface area contributed by atoms with Gasteiger partial charge in [0.2, 0.25) is 0 Å². The lowest BCUT2D eigenvalue weighted by atomic mass is 9.80. The summed E-state index contributed by atoms with van der Waals surface area (Å²) < 4.78 is 5.26. The summed E-state index contributed by atoms with van der Waals surface area (Å²) in [4.78, 5) is 12.6. The molecular weight excluding hydrogens is 290 g/mol. The minimum Gasteiger partial charge on any atom is -0.377 e. The number of ketones is 1. The molecule has 2 aliphatic carbocycles. The standard InChI is InChI=1S/C19H21NO3/c1-11-18(12(2)23-20-11)14-8-7-13-10-17(21)19(22,16(13)9-14)15-5-3-4-6-15/h7-9,15,22H,3-6,10H2,1-2H3. The lowest BCUT2D eigenvalue weighted by Crippen LogP contribution is -2.38. The summed E-state index contributed by atoms with van der Waals surface area (Å²) >= 11 is 0. The van der Waals surface area contributed by atoms with Gasteiger partial charge in [0, 0.05) is 12.0 Å². The van der Waals surface area contributed by atoms with Crippen molar-refractivity contribution < 1.29 is 14.4 Å². The number of nitrogens with zero attached hydrogens (tertiary/aromatic N) is 1. The maximum absolute atomic E-state index is 12.6. The highest BCUT2D eigenvalue weighted by atomic mass is 16.5. The van der Waals surface area contributed by atoms with Crippen LogP contribution in [-0.4, -0.2) is 16.0 Å². The van der Waals surface area contributed by atoms with E-state index in [1.54, 1.807) is 0 Å². The number of fused-ring (bicyclic) bond motifs is 1. The van der Waals surface area contributed by atoms with Crippen molar-refractivity contribution in [3.05, 3.63) is 40.8 Å². The summed E-state index contributed by atoms with van der Waals surface area (Å²) in [5.41, 5.74) is 3.20. The van der Waals surface area contributed by atoms with Gasteiger partial charge in [-0.25, -0.2) is 0 Å². The van der Waals surface area contributed by atoms with Gasteiger partial charge in [-0.15, -0.1) is 0 Å². The Morgan fingerprint density at radius 2 is 2.00 bits per heavy atom. The topological polar surface area (TPSA) is 63.3 Å². The Morgan fingerprint density at radius 1 is 1.26 bits per heavy atom. The monoisotopic (exact) mass is 311 g/mol. The maximum Gasteiger partial charge on any atom is 0.173 e. The number of Topliss-reactive ketones (excluding diaryl/α,β-unsaturated/α-hetero) is 1. The summed E-state index contributed by atoms with van der Waals surface area (Å²) in [7, 11) is 0. The van der Waals surface area contributed by atoms with Gasteiger partial charge in [-0.3, -0.25) is 4.79 Å². The molecule has 1 aromatic carbocycles. The van der Waals surface area contributed by atoms with Crippen LogP contribution >= 0.6 is 0 Å². The number of carbonyl (C=O) groups is 1. The molecule has 1 unspecified atom stereocenters. The third-order valence-corrected chi connectivity index (χ3v) is 5.56. The Kier molecular flexibility index (Phi) is 3.20. The Labute approximate surface area is 135 Å². The molecule has 1 fully saturated rings. The highest BCUT2D eigenvalue weighted by Gasteiger charge is 2.50. The molecule has 2 aliphatic rings. The Balaban J connectivity index is 1.85. The smallest absolute Gasteiger partial charge is 0.173 e. The van der Waals surface area contributed by atoms with Crippen molar-refractivity contribution in [1.82, 2.24) is 5.16 Å². The van der Waals surface area contributed by atoms with Crippen molar-refractivity contribution in [2.75, 3.05) is 0 Å². The first-order valence-electron chi connectivity index (χ1n) is 8.34. The van der Waals surface area contributed by atoms with Gasteiger partial charge in [0.05, 0.1) is 5.69 Å². The third kappa shape index (κ3) is 2.01. The maximum atomic E-state index is 12.6. The molecule has 4 heteroatoms. The second-order valence-corrected chi connectivity index (χ2v) is 6.92. The van der Waals surface area contributed by atoms with E-state index in [1.807, 2.05) is 32.0 Å². The van der Waals surface area contributed by atoms with Crippen LogP contribution in [0.5, 0.6) is 0 Å². The van der Waals surface area contributed by atoms with Crippen molar-refractivity contribution in [1.29, 1.82) is 0 Å². The quantitative estimate of drug-likeness (QED) is 0.922. The van der Waals surface area contributed by atoms with Crippen LogP contribution < -0.4 is 0 Å². The van der Waals surface area contributed by atoms with Crippen LogP contribution in [0.1, 0.15) is 48.3 Å². The minimum absolute atomic E-state index is 0.0460. The zero-order valence-electron chi connectivity index (χ0n) is 13.6. The number of rotatable bonds is 2. The zero-order chi connectivity index (χ0) is 16.2. The molecule has 1 N–H and O–H groups in total. The Morgan fingerprint density at radius 3 is 2.65 bits per heavy atom. The van der Waals surface area contributed by atoms with E-state index in [4.69, 9.17) is 4.52 Å². The van der Waals surface area contributed by atoms with E-state index >= 15 is 0 Å². The van der Waals surface area contributed by atoms with E-state index in [-0.39, 0.29) is 11.7 Å². The fraction of sp³-hybridized carbons (Fsp3) is 0.474. The summed E-state index contributed by atoms with van der Waals surface area (Å²) in [6.45, 7) is 3.80. The lowest BCUT2D eigenvalue weighted by molar-refractivity contribution is -0.141. The van der Waals surface area contributed by atoms with Crippen LogP contribution in [-0.2, 0) is 16.8 Å². The van der Waals surface area contributed by atoms with Crippen molar-refractivity contribution in [2.45, 2.75) is 51.6 Å². The number of aromatic nitrogens is 1. The van der Waals surface area contributed by atoms with Gasteiger partial charge in [0.25, 0.3) is 0 Å². The molecular formula is C19H21NO3. The second kappa shape index (κ2) is 5.03. The first-order valence-corrected chi connectivity index (χ1v) is 8.34. The van der Waals surface area contributed by atoms with Gasteiger partial charge in [0.15, 0.2) is 11.4 Å². The second-order valence-electron chi connectivity index (χ2n) is 6.92. The number of benzene rings is 1. The van der Waals surface area contributed by atoms with E-state index in [0.29, 0.717) is 6.42 Å². The molecule has 0 aliphatic heterocycles. The molecule has 0 amide bonds. The average molecular weight is 311 g/mol. The van der Waals surface area contributed by atoms with Gasteiger partial charge in [-0.2, -0.15) is 0 Å². The van der Waals surface area contributed by atoms with E-state index in [9.17, 15) is 9.90 Å². The molecule has 0 spiro atoms. The fourth-order valence-electron chi connectivity index (χ4n) is 4.39. The summed E-state index contributed by atoms with van der Waals surface area (Å²) in [5.74, 6) is 0.766. The van der Waals surface area contributed by atoms with Crippen LogP contribution in [0.15, 0.2) is 22.7 Å². The van der Waals surface area contributed by atoms with Gasteiger partial charge >= 0.3 is 0 Å². The van der Waals surface area contributed by atoms with Crippen LogP contribution in [0.3, 0.4) is 0 Å². The van der Waals surface area contributed by atoms with Gasteiger partial charge in [0.1, 0.15) is 5.76 Å². The summed E-state index contributed by atoms with van der Waals surface area (Å²) in [6.07, 6.45) is 4.39. The first-order chi connectivity index (χ1) is 11.0. The van der Waals surface area contributed by atoms with Gasteiger partial charge in [-0.05, 0) is 55.4 Å². The minimum atomic E-state index is -1.30. The fourth-order valence-corrected chi connectivity index (χ4v) is 4.39. The number of aliphatic hydroxyl groups is 1. The molecule has 0 bridgehead atoms. The predicted octanol–water partition coefficient (Wildman–Crippen LogP) is 3.46. The van der Waals surface area contributed by atoms with Crippen LogP contribution in [0.2, 0.25) is 0 Å². The Hall–Kier alpha value is -1.94. The lowest BCUT2D eigenvalue weighted by Gasteiger charge is -2.29. The van der Waals surface area contributed by atoms with E-state index in [1.165, 1.54) is 0 Å². The van der Waals surface area contributed by atoms with Crippen molar-refractivity contribution in [2.24, 2.45) is 5.92 Å². The number of hydrogen-bond donors (Lipinski definition) is 1. The third-order valence-electron chi connectivity index (χ3n) is 5.56. The van der Waals surface area contributed by atoms with Crippen molar-refractivity contribution in [3.8, 4) is 11.1 Å². The van der Waals surface area contributed by atoms with Crippen LogP contribution in [0, 0.1) is 19.8 Å². The number of aryl methyl sites for hydroxylation is 2. The molecule has 4 rings (SSSR count).